The number of amides is 2. The van der Waals surface area contributed by atoms with E-state index in [1.165, 1.54) is 0 Å². The Morgan fingerprint density at radius 1 is 1.32 bits per heavy atom. The Hall–Kier alpha value is -2.38. The maximum atomic E-state index is 12.5. The smallest absolute Gasteiger partial charge is 0.387 e. The van der Waals surface area contributed by atoms with E-state index in [1.54, 1.807) is 6.92 Å². The van der Waals surface area contributed by atoms with Gasteiger partial charge in [0.2, 0.25) is 0 Å². The van der Waals surface area contributed by atoms with Gasteiger partial charge in [-0.1, -0.05) is 13.8 Å². The van der Waals surface area contributed by atoms with Crippen LogP contribution < -0.4 is 4.74 Å². The molecule has 0 spiro atoms. The quantitative estimate of drug-likeness (QED) is 0.799. The predicted octanol–water partition coefficient (Wildman–Crippen LogP) is 1.84. The summed E-state index contributed by atoms with van der Waals surface area (Å²) in [6.07, 6.45) is 1.08. The molecule has 8 heteroatoms. The van der Waals surface area contributed by atoms with Gasteiger partial charge in [-0.25, -0.2) is 14.9 Å². The van der Waals surface area contributed by atoms with Gasteiger partial charge in [0.1, 0.15) is 17.0 Å². The molecule has 0 aromatic carbocycles. The van der Waals surface area contributed by atoms with E-state index in [-0.39, 0.29) is 28.8 Å². The molecule has 3 rings (SSSR count). The Labute approximate surface area is 124 Å². The van der Waals surface area contributed by atoms with Crippen molar-refractivity contribution in [2.24, 2.45) is 10.9 Å². The van der Waals surface area contributed by atoms with Crippen molar-refractivity contribution in [1.29, 1.82) is 0 Å². The summed E-state index contributed by atoms with van der Waals surface area (Å²) < 4.78 is 28.7. The predicted molar refractivity (Wildman–Crippen MR) is 71.8 cm³/mol. The Bertz CT molecular complexity index is 717. The molecule has 0 saturated carbocycles. The Morgan fingerprint density at radius 3 is 2.59 bits per heavy atom. The first kappa shape index (κ1) is 14.6. The number of nitrogens with zero attached hydrogens (tertiary/aromatic N) is 3. The maximum absolute atomic E-state index is 12.5. The zero-order chi connectivity index (χ0) is 16.2. The van der Waals surface area contributed by atoms with Crippen molar-refractivity contribution in [3.05, 3.63) is 23.5 Å². The highest BCUT2D eigenvalue weighted by Crippen LogP contribution is 2.37. The van der Waals surface area contributed by atoms with Crippen molar-refractivity contribution in [3.63, 3.8) is 0 Å². The number of rotatable bonds is 3. The summed E-state index contributed by atoms with van der Waals surface area (Å²) in [4.78, 5) is 34.2. The van der Waals surface area contributed by atoms with Crippen LogP contribution in [0.3, 0.4) is 0 Å². The molecule has 1 unspecified atom stereocenters. The van der Waals surface area contributed by atoms with Gasteiger partial charge in [0.15, 0.2) is 5.84 Å². The fourth-order valence-corrected chi connectivity index (χ4v) is 2.44. The van der Waals surface area contributed by atoms with Crippen LogP contribution in [0.4, 0.5) is 8.78 Å². The molecule has 6 nitrogen and oxygen atoms in total. The van der Waals surface area contributed by atoms with E-state index in [2.05, 4.69) is 14.7 Å². The number of pyridine rings is 1. The zero-order valence-electron chi connectivity index (χ0n) is 12.1. The number of ether oxygens (including phenoxy) is 1. The average Bonchev–Trinajstić information content (AvgIpc) is 2.85. The first-order valence-electron chi connectivity index (χ1n) is 6.69. The molecule has 2 aliphatic heterocycles. The summed E-state index contributed by atoms with van der Waals surface area (Å²) in [5.41, 5.74) is -0.775. The van der Waals surface area contributed by atoms with E-state index < -0.39 is 24.0 Å². The molecule has 0 radical (unpaired) electrons. The third-order valence-corrected chi connectivity index (χ3v) is 4.04. The molecule has 22 heavy (non-hydrogen) atoms. The average molecular weight is 309 g/mol. The van der Waals surface area contributed by atoms with Gasteiger partial charge in [-0.3, -0.25) is 9.59 Å². The topological polar surface area (TPSA) is 71.9 Å². The zero-order valence-corrected chi connectivity index (χ0v) is 12.1. The van der Waals surface area contributed by atoms with E-state index in [0.717, 1.165) is 17.2 Å². The van der Waals surface area contributed by atoms with Gasteiger partial charge in [-0.2, -0.15) is 8.78 Å². The van der Waals surface area contributed by atoms with E-state index in [9.17, 15) is 18.4 Å². The van der Waals surface area contributed by atoms with E-state index in [0.29, 0.717) is 0 Å². The normalized spacial score (nSPS) is 23.2. The number of aliphatic imine (C=N–C) groups is 1. The number of hydrogen-bond acceptors (Lipinski definition) is 5. The molecule has 0 saturated heterocycles. The minimum Gasteiger partial charge on any atom is -0.433 e. The number of carbonyl (C=O) groups is 2. The molecule has 0 N–H and O–H groups in total. The van der Waals surface area contributed by atoms with Crippen LogP contribution >= 0.6 is 0 Å². The molecule has 1 atom stereocenters. The van der Waals surface area contributed by atoms with Gasteiger partial charge in [0.25, 0.3) is 11.8 Å². The molecule has 2 aliphatic rings. The van der Waals surface area contributed by atoms with Crippen molar-refractivity contribution in [2.75, 3.05) is 0 Å². The Kier molecular flexibility index (Phi) is 3.01. The van der Waals surface area contributed by atoms with Gasteiger partial charge in [0, 0.05) is 0 Å². The lowest BCUT2D eigenvalue weighted by atomic mass is 9.88. The second-order valence-electron chi connectivity index (χ2n) is 5.63. The molecule has 1 aromatic heterocycles. The third kappa shape index (κ3) is 1.83. The number of imide groups is 1. The lowest BCUT2D eigenvalue weighted by molar-refractivity contribution is -0.130. The number of alkyl halides is 2. The molecule has 1 aromatic rings. The number of amidine groups is 1. The van der Waals surface area contributed by atoms with Crippen LogP contribution in [-0.2, 0) is 4.79 Å². The minimum absolute atomic E-state index is 0.0380. The second kappa shape index (κ2) is 4.56. The number of fused-ring (bicyclic) bond motifs is 3. The molecule has 0 bridgehead atoms. The SMILES string of the molecule is CC(C)C1(C)N=C2c3ncc(OC(F)F)cc3C(=O)N2C1=O. The first-order chi connectivity index (χ1) is 10.3. The molecule has 2 amide bonds. The molecular formula is C14H13F2N3O3. The van der Waals surface area contributed by atoms with E-state index in [4.69, 9.17) is 0 Å². The Balaban J connectivity index is 2.08. The minimum atomic E-state index is -3.01. The van der Waals surface area contributed by atoms with Crippen LogP contribution in [0, 0.1) is 5.92 Å². The summed E-state index contributed by atoms with van der Waals surface area (Å²) in [6, 6.07) is 1.15. The van der Waals surface area contributed by atoms with Crippen LogP contribution in [0.2, 0.25) is 0 Å². The van der Waals surface area contributed by atoms with Gasteiger partial charge < -0.3 is 4.74 Å². The van der Waals surface area contributed by atoms with Gasteiger partial charge in [-0.05, 0) is 18.9 Å². The van der Waals surface area contributed by atoms with Crippen LogP contribution in [0.1, 0.15) is 36.8 Å². The van der Waals surface area contributed by atoms with Crippen molar-refractivity contribution in [2.45, 2.75) is 32.9 Å². The van der Waals surface area contributed by atoms with E-state index >= 15 is 0 Å². The fourth-order valence-electron chi connectivity index (χ4n) is 2.44. The third-order valence-electron chi connectivity index (χ3n) is 4.04. The summed E-state index contributed by atoms with van der Waals surface area (Å²) in [7, 11) is 0. The fraction of sp³-hybridized carbons (Fsp3) is 0.429. The number of carbonyl (C=O) groups excluding carboxylic acids is 2. The van der Waals surface area contributed by atoms with Gasteiger partial charge >= 0.3 is 6.61 Å². The molecule has 116 valence electrons. The highest BCUT2D eigenvalue weighted by molar-refractivity contribution is 6.33. The summed E-state index contributed by atoms with van der Waals surface area (Å²) in [5.74, 6) is -1.21. The maximum Gasteiger partial charge on any atom is 0.387 e. The number of aromatic nitrogens is 1. The largest absolute Gasteiger partial charge is 0.433 e. The highest BCUT2D eigenvalue weighted by atomic mass is 19.3. The van der Waals surface area contributed by atoms with Gasteiger partial charge in [-0.15, -0.1) is 0 Å². The molecule has 3 heterocycles. The molecule has 0 fully saturated rings. The molecule has 0 aliphatic carbocycles. The number of hydrogen-bond donors (Lipinski definition) is 0. The van der Waals surface area contributed by atoms with Crippen LogP contribution in [0.5, 0.6) is 5.75 Å². The van der Waals surface area contributed by atoms with Crippen molar-refractivity contribution < 1.29 is 23.1 Å². The summed E-state index contributed by atoms with van der Waals surface area (Å²) in [5, 5.41) is 0. The van der Waals surface area contributed by atoms with Crippen LogP contribution in [-0.4, -0.2) is 39.7 Å². The lowest BCUT2D eigenvalue weighted by Crippen LogP contribution is -2.44. The van der Waals surface area contributed by atoms with E-state index in [1.807, 2.05) is 13.8 Å². The lowest BCUT2D eigenvalue weighted by Gasteiger charge is -2.24. The summed E-state index contributed by atoms with van der Waals surface area (Å²) in [6.45, 7) is 2.32. The highest BCUT2D eigenvalue weighted by Gasteiger charge is 2.54. The van der Waals surface area contributed by atoms with Crippen LogP contribution in [0.25, 0.3) is 0 Å². The Morgan fingerprint density at radius 2 is 2.00 bits per heavy atom. The number of halogens is 2. The monoisotopic (exact) mass is 309 g/mol. The van der Waals surface area contributed by atoms with Crippen LogP contribution in [0.15, 0.2) is 17.3 Å². The van der Waals surface area contributed by atoms with Crippen molar-refractivity contribution in [3.8, 4) is 5.75 Å². The second-order valence-corrected chi connectivity index (χ2v) is 5.63. The molecular weight excluding hydrogens is 296 g/mol. The first-order valence-corrected chi connectivity index (χ1v) is 6.69. The summed E-state index contributed by atoms with van der Waals surface area (Å²) >= 11 is 0. The standard InChI is InChI=1S/C14H13F2N3O3/c1-6(2)14(3)12(21)19-10(18-14)9-8(11(19)20)4-7(5-17-9)22-13(15)16/h4-6,13H,1-3H3. The van der Waals surface area contributed by atoms with Gasteiger partial charge in [0.05, 0.1) is 11.8 Å². The van der Waals surface area contributed by atoms with Crippen molar-refractivity contribution >= 4 is 17.6 Å². The van der Waals surface area contributed by atoms with Crippen molar-refractivity contribution in [1.82, 2.24) is 9.88 Å².